The summed E-state index contributed by atoms with van der Waals surface area (Å²) < 4.78 is 35.6. The number of benzene rings is 1. The van der Waals surface area contributed by atoms with Crippen molar-refractivity contribution in [2.45, 2.75) is 12.0 Å². The van der Waals surface area contributed by atoms with Crippen molar-refractivity contribution in [2.24, 2.45) is 0 Å². The lowest BCUT2D eigenvalue weighted by Gasteiger charge is -2.17. The first kappa shape index (κ1) is 20.5. The second-order valence-electron chi connectivity index (χ2n) is 5.86. The minimum atomic E-state index is -3.79. The molecule has 0 spiro atoms. The number of rotatable bonds is 7. The zero-order valence-electron chi connectivity index (χ0n) is 15.3. The average Bonchev–Trinajstić information content (AvgIpc) is 3.01. The second kappa shape index (κ2) is 7.80. The van der Waals surface area contributed by atoms with E-state index in [9.17, 15) is 18.0 Å². The Hall–Kier alpha value is -2.85. The highest BCUT2D eigenvalue weighted by Crippen LogP contribution is 2.25. The zero-order chi connectivity index (χ0) is 20.4. The molecule has 27 heavy (non-hydrogen) atoms. The Morgan fingerprint density at radius 3 is 2.26 bits per heavy atom. The van der Waals surface area contributed by atoms with Crippen molar-refractivity contribution in [1.82, 2.24) is 4.31 Å². The number of anilines is 1. The van der Waals surface area contributed by atoms with Gasteiger partial charge in [0.15, 0.2) is 6.61 Å². The van der Waals surface area contributed by atoms with Crippen molar-refractivity contribution in [1.29, 1.82) is 0 Å². The van der Waals surface area contributed by atoms with Gasteiger partial charge in [-0.25, -0.2) is 17.5 Å². The number of carbonyl (C=O) groups is 2. The second-order valence-corrected chi connectivity index (χ2v) is 7.95. The van der Waals surface area contributed by atoms with Crippen molar-refractivity contribution in [3.63, 3.8) is 0 Å². The van der Waals surface area contributed by atoms with Crippen molar-refractivity contribution in [3.8, 4) is 5.75 Å². The highest BCUT2D eigenvalue weighted by Gasteiger charge is 2.27. The van der Waals surface area contributed by atoms with Gasteiger partial charge >= 0.3 is 5.97 Å². The molecular formula is C17H20N2O7S. The van der Waals surface area contributed by atoms with E-state index in [1.54, 1.807) is 12.1 Å². The lowest BCUT2D eigenvalue weighted by molar-refractivity contribution is -0.139. The van der Waals surface area contributed by atoms with Gasteiger partial charge in [0, 0.05) is 32.9 Å². The molecule has 10 heteroatoms. The summed E-state index contributed by atoms with van der Waals surface area (Å²) in [6.45, 7) is 1.05. The van der Waals surface area contributed by atoms with Crippen LogP contribution in [0.1, 0.15) is 16.1 Å². The van der Waals surface area contributed by atoms with E-state index in [1.165, 1.54) is 51.2 Å². The van der Waals surface area contributed by atoms with Crippen LogP contribution < -0.4 is 9.64 Å². The van der Waals surface area contributed by atoms with Gasteiger partial charge in [0.05, 0.1) is 5.56 Å². The van der Waals surface area contributed by atoms with E-state index in [0.717, 1.165) is 4.31 Å². The van der Waals surface area contributed by atoms with E-state index in [0.29, 0.717) is 11.4 Å². The fraction of sp³-hybridized carbons (Fsp3) is 0.294. The number of hydrogen-bond donors (Lipinski definition) is 1. The molecule has 0 aliphatic carbocycles. The Balaban J connectivity index is 2.23. The van der Waals surface area contributed by atoms with E-state index in [2.05, 4.69) is 0 Å². The summed E-state index contributed by atoms with van der Waals surface area (Å²) in [5, 5.41) is 8.30. The number of aryl methyl sites for hydroxylation is 1. The minimum Gasteiger partial charge on any atom is -0.482 e. The summed E-state index contributed by atoms with van der Waals surface area (Å²) in [6, 6.07) is 7.44. The van der Waals surface area contributed by atoms with E-state index in [1.807, 2.05) is 0 Å². The highest BCUT2D eigenvalue weighted by molar-refractivity contribution is 7.88. The Bertz CT molecular complexity index is 946. The van der Waals surface area contributed by atoms with Gasteiger partial charge in [-0.3, -0.25) is 4.79 Å². The molecule has 0 aliphatic rings. The van der Waals surface area contributed by atoms with Gasteiger partial charge in [-0.05, 0) is 31.2 Å². The van der Waals surface area contributed by atoms with Gasteiger partial charge in [0.1, 0.15) is 11.5 Å². The number of furan rings is 1. The Morgan fingerprint density at radius 2 is 1.74 bits per heavy atom. The SMILES string of the molecule is Cc1oc(S(=O)(=O)N(C)C)cc1C(=O)N(C)c1ccc(OCC(=O)O)cc1. The van der Waals surface area contributed by atoms with Crippen LogP contribution in [0.4, 0.5) is 5.69 Å². The predicted octanol–water partition coefficient (Wildman–Crippen LogP) is 1.58. The minimum absolute atomic E-state index is 0.129. The number of hydrogen-bond acceptors (Lipinski definition) is 6. The number of carboxylic acid groups (broad SMARTS) is 1. The molecule has 1 heterocycles. The molecule has 0 atom stereocenters. The maximum Gasteiger partial charge on any atom is 0.341 e. The molecule has 0 bridgehead atoms. The van der Waals surface area contributed by atoms with Crippen molar-refractivity contribution < 1.29 is 32.3 Å². The van der Waals surface area contributed by atoms with Crippen molar-refractivity contribution >= 4 is 27.6 Å². The molecule has 146 valence electrons. The van der Waals surface area contributed by atoms with Crippen LogP contribution in [-0.2, 0) is 14.8 Å². The molecule has 0 saturated heterocycles. The van der Waals surface area contributed by atoms with Gasteiger partial charge in [-0.15, -0.1) is 0 Å². The van der Waals surface area contributed by atoms with Crippen LogP contribution in [0, 0.1) is 6.92 Å². The topological polar surface area (TPSA) is 117 Å². The van der Waals surface area contributed by atoms with Crippen LogP contribution >= 0.6 is 0 Å². The van der Waals surface area contributed by atoms with E-state index < -0.39 is 28.5 Å². The van der Waals surface area contributed by atoms with Crippen LogP contribution in [0.15, 0.2) is 39.8 Å². The summed E-state index contributed by atoms with van der Waals surface area (Å²) in [7, 11) is 0.479. The number of amides is 1. The van der Waals surface area contributed by atoms with E-state index in [4.69, 9.17) is 14.3 Å². The van der Waals surface area contributed by atoms with Gasteiger partial charge in [-0.2, -0.15) is 0 Å². The van der Waals surface area contributed by atoms with Crippen LogP contribution in [0.3, 0.4) is 0 Å². The maximum absolute atomic E-state index is 12.7. The summed E-state index contributed by atoms with van der Waals surface area (Å²) in [6.07, 6.45) is 0. The molecule has 9 nitrogen and oxygen atoms in total. The number of nitrogens with zero attached hydrogens (tertiary/aromatic N) is 2. The Labute approximate surface area is 156 Å². The zero-order valence-corrected chi connectivity index (χ0v) is 16.1. The van der Waals surface area contributed by atoms with Crippen LogP contribution in [0.25, 0.3) is 0 Å². The van der Waals surface area contributed by atoms with Crippen LogP contribution in [-0.4, -0.2) is 57.5 Å². The van der Waals surface area contributed by atoms with Gasteiger partial charge in [0.2, 0.25) is 5.09 Å². The third-order valence-electron chi connectivity index (χ3n) is 3.75. The first-order valence-electron chi connectivity index (χ1n) is 7.79. The highest BCUT2D eigenvalue weighted by atomic mass is 32.2. The van der Waals surface area contributed by atoms with Gasteiger partial charge in [0.25, 0.3) is 15.9 Å². The van der Waals surface area contributed by atoms with E-state index in [-0.39, 0.29) is 16.4 Å². The Kier molecular flexibility index (Phi) is 5.91. The molecular weight excluding hydrogens is 376 g/mol. The normalized spacial score (nSPS) is 11.4. The third kappa shape index (κ3) is 4.47. The predicted molar refractivity (Wildman–Crippen MR) is 96.6 cm³/mol. The summed E-state index contributed by atoms with van der Waals surface area (Å²) in [5.41, 5.74) is 0.643. The lowest BCUT2D eigenvalue weighted by Crippen LogP contribution is -2.26. The van der Waals surface area contributed by atoms with Crippen molar-refractivity contribution in [3.05, 3.63) is 41.7 Å². The molecule has 2 aromatic rings. The lowest BCUT2D eigenvalue weighted by atomic mass is 10.2. The van der Waals surface area contributed by atoms with Crippen molar-refractivity contribution in [2.75, 3.05) is 32.6 Å². The maximum atomic E-state index is 12.7. The molecule has 1 aromatic heterocycles. The molecule has 0 saturated carbocycles. The molecule has 0 unspecified atom stereocenters. The number of aliphatic carboxylic acids is 1. The quantitative estimate of drug-likeness (QED) is 0.755. The smallest absolute Gasteiger partial charge is 0.341 e. The fourth-order valence-electron chi connectivity index (χ4n) is 2.18. The van der Waals surface area contributed by atoms with E-state index >= 15 is 0 Å². The number of carboxylic acids is 1. The molecule has 1 N–H and O–H groups in total. The molecule has 0 fully saturated rings. The molecule has 0 radical (unpaired) electrons. The Morgan fingerprint density at radius 1 is 1.15 bits per heavy atom. The standard InChI is InChI=1S/C17H20N2O7S/c1-11-14(9-16(26-11)27(23,24)18(2)3)17(22)19(4)12-5-7-13(8-6-12)25-10-15(20)21/h5-9H,10H2,1-4H3,(H,20,21). The average molecular weight is 396 g/mol. The summed E-state index contributed by atoms with van der Waals surface area (Å²) in [5.74, 6) is -1.00. The monoisotopic (exact) mass is 396 g/mol. The molecule has 1 aromatic carbocycles. The summed E-state index contributed by atoms with van der Waals surface area (Å²) >= 11 is 0. The number of carbonyl (C=O) groups excluding carboxylic acids is 1. The molecule has 2 rings (SSSR count). The first-order chi connectivity index (χ1) is 12.5. The van der Waals surface area contributed by atoms with Crippen LogP contribution in [0.2, 0.25) is 0 Å². The molecule has 0 aliphatic heterocycles. The third-order valence-corrected chi connectivity index (χ3v) is 5.42. The van der Waals surface area contributed by atoms with Gasteiger partial charge < -0.3 is 19.2 Å². The number of ether oxygens (including phenoxy) is 1. The largest absolute Gasteiger partial charge is 0.482 e. The van der Waals surface area contributed by atoms with Gasteiger partial charge in [-0.1, -0.05) is 0 Å². The molecule has 1 amide bonds. The number of sulfonamides is 1. The van der Waals surface area contributed by atoms with Crippen LogP contribution in [0.5, 0.6) is 5.75 Å². The first-order valence-corrected chi connectivity index (χ1v) is 9.23. The fourth-order valence-corrected chi connectivity index (χ4v) is 3.04. The summed E-state index contributed by atoms with van der Waals surface area (Å²) in [4.78, 5) is 24.6.